The lowest BCUT2D eigenvalue weighted by Crippen LogP contribution is -2.44. The first-order chi connectivity index (χ1) is 15.5. The molecular weight excluding hydrogens is 463 g/mol. The maximum Gasteiger partial charge on any atom is 0.416 e. The van der Waals surface area contributed by atoms with Crippen LogP contribution < -0.4 is 14.7 Å². The van der Waals surface area contributed by atoms with Gasteiger partial charge in [-0.15, -0.1) is 4.40 Å². The molecule has 4 rings (SSSR count). The standard InChI is InChI=1S/C20H24F3N5O4S/c1-27-12-16(11-24-27)28(15-5-7-32-8-6-15)33(30,31)26-19(29)25-18-10-14(20(21,22)23)9-13-3-2-4-17(13)18/h9-12,15H,2-8H2,1H3,(H2,25,26,29)/p-1. The van der Waals surface area contributed by atoms with E-state index in [0.717, 1.165) is 16.4 Å². The van der Waals surface area contributed by atoms with Crippen LogP contribution in [-0.2, 0) is 41.0 Å². The van der Waals surface area contributed by atoms with Crippen LogP contribution in [0.3, 0.4) is 0 Å². The van der Waals surface area contributed by atoms with E-state index >= 15 is 0 Å². The van der Waals surface area contributed by atoms with Crippen LogP contribution in [0.1, 0.15) is 36.0 Å². The number of nitrogens with one attached hydrogen (secondary N) is 1. The summed E-state index contributed by atoms with van der Waals surface area (Å²) in [5.41, 5.74) is 0.321. The summed E-state index contributed by atoms with van der Waals surface area (Å²) in [5.74, 6) is 0. The van der Waals surface area contributed by atoms with E-state index in [0.29, 0.717) is 56.4 Å². The summed E-state index contributed by atoms with van der Waals surface area (Å²) < 4.78 is 77.3. The Hall–Kier alpha value is -2.80. The van der Waals surface area contributed by atoms with Crippen molar-refractivity contribution in [2.45, 2.75) is 44.3 Å². The fraction of sp³-hybridized carbons (Fsp3) is 0.500. The molecule has 1 aliphatic carbocycles. The van der Waals surface area contributed by atoms with Gasteiger partial charge in [-0.2, -0.15) is 26.7 Å². The summed E-state index contributed by atoms with van der Waals surface area (Å²) in [4.78, 5) is 0. The Morgan fingerprint density at radius 1 is 1.30 bits per heavy atom. The highest BCUT2D eigenvalue weighted by molar-refractivity contribution is 7.91. The highest BCUT2D eigenvalue weighted by Crippen LogP contribution is 2.37. The molecule has 1 N–H and O–H groups in total. The Morgan fingerprint density at radius 2 is 2.03 bits per heavy atom. The van der Waals surface area contributed by atoms with E-state index in [9.17, 15) is 26.7 Å². The summed E-state index contributed by atoms with van der Waals surface area (Å²) >= 11 is 0. The molecule has 0 atom stereocenters. The second-order valence-electron chi connectivity index (χ2n) is 8.02. The van der Waals surface area contributed by atoms with Crippen molar-refractivity contribution in [3.05, 3.63) is 41.2 Å². The molecule has 1 aliphatic heterocycles. The number of alkyl halides is 3. The van der Waals surface area contributed by atoms with E-state index in [1.807, 2.05) is 0 Å². The lowest BCUT2D eigenvalue weighted by Gasteiger charge is -2.33. The summed E-state index contributed by atoms with van der Waals surface area (Å²) in [6.07, 6.45) is 0.614. The molecular formula is C20H23F3N5O4S-. The first-order valence-electron chi connectivity index (χ1n) is 10.4. The number of benzene rings is 1. The highest BCUT2D eigenvalue weighted by atomic mass is 32.2. The van der Waals surface area contributed by atoms with Gasteiger partial charge < -0.3 is 15.2 Å². The third-order valence-corrected chi connectivity index (χ3v) is 7.10. The van der Waals surface area contributed by atoms with Gasteiger partial charge in [-0.1, -0.05) is 0 Å². The maximum atomic E-state index is 13.3. The van der Waals surface area contributed by atoms with Crippen LogP contribution in [0.2, 0.25) is 0 Å². The predicted octanol–water partition coefficient (Wildman–Crippen LogP) is 1.99. The van der Waals surface area contributed by atoms with Crippen molar-refractivity contribution >= 4 is 27.6 Å². The zero-order chi connectivity index (χ0) is 23.8. The molecule has 13 heteroatoms. The fourth-order valence-electron chi connectivity index (χ4n) is 4.24. The van der Waals surface area contributed by atoms with Gasteiger partial charge in [0.1, 0.15) is 0 Å². The number of amidine groups is 1. The predicted molar refractivity (Wildman–Crippen MR) is 113 cm³/mol. The molecule has 0 amide bonds. The van der Waals surface area contributed by atoms with Crippen molar-refractivity contribution in [1.82, 2.24) is 9.78 Å². The van der Waals surface area contributed by atoms with Gasteiger partial charge in [0.25, 0.3) is 0 Å². The van der Waals surface area contributed by atoms with Crippen molar-refractivity contribution in [1.29, 1.82) is 0 Å². The molecule has 1 aromatic heterocycles. The van der Waals surface area contributed by atoms with E-state index in [4.69, 9.17) is 4.74 Å². The second kappa shape index (κ2) is 8.86. The van der Waals surface area contributed by atoms with Crippen LogP contribution in [0.15, 0.2) is 28.9 Å². The fourth-order valence-corrected chi connectivity index (χ4v) is 5.53. The average molecular weight is 486 g/mol. The first kappa shape index (κ1) is 23.4. The van der Waals surface area contributed by atoms with Gasteiger partial charge in [0, 0.05) is 32.1 Å². The maximum absolute atomic E-state index is 13.3. The Morgan fingerprint density at radius 3 is 2.67 bits per heavy atom. The molecule has 0 bridgehead atoms. The van der Waals surface area contributed by atoms with Crippen LogP contribution in [-0.4, -0.2) is 43.5 Å². The Labute approximate surface area is 189 Å². The van der Waals surface area contributed by atoms with Crippen LogP contribution in [0.5, 0.6) is 0 Å². The van der Waals surface area contributed by atoms with Gasteiger partial charge in [0.2, 0.25) is 0 Å². The largest absolute Gasteiger partial charge is 0.845 e. The number of halogens is 3. The van der Waals surface area contributed by atoms with E-state index in [1.165, 1.54) is 17.1 Å². The molecule has 180 valence electrons. The molecule has 0 spiro atoms. The summed E-state index contributed by atoms with van der Waals surface area (Å²) in [7, 11) is -2.90. The zero-order valence-electron chi connectivity index (χ0n) is 17.8. The second-order valence-corrected chi connectivity index (χ2v) is 9.50. The smallest absolute Gasteiger partial charge is 0.416 e. The van der Waals surface area contributed by atoms with Gasteiger partial charge in [-0.3, -0.25) is 4.68 Å². The Kier molecular flexibility index (Phi) is 6.27. The van der Waals surface area contributed by atoms with Crippen LogP contribution in [0, 0.1) is 0 Å². The number of fused-ring (bicyclic) bond motifs is 1. The van der Waals surface area contributed by atoms with Crippen molar-refractivity contribution in [2.75, 3.05) is 22.8 Å². The third-order valence-electron chi connectivity index (χ3n) is 5.70. The number of anilines is 2. The van der Waals surface area contributed by atoms with Crippen molar-refractivity contribution in [2.24, 2.45) is 11.4 Å². The van der Waals surface area contributed by atoms with E-state index in [-0.39, 0.29) is 11.4 Å². The number of hydrogen-bond acceptors (Lipinski definition) is 5. The Balaban J connectivity index is 1.66. The minimum Gasteiger partial charge on any atom is -0.845 e. The number of hydrogen-bond donors (Lipinski definition) is 1. The van der Waals surface area contributed by atoms with Crippen molar-refractivity contribution in [3.63, 3.8) is 0 Å². The first-order valence-corrected chi connectivity index (χ1v) is 11.8. The lowest BCUT2D eigenvalue weighted by molar-refractivity contribution is -0.213. The van der Waals surface area contributed by atoms with Gasteiger partial charge in [0.15, 0.2) is 0 Å². The molecule has 2 aliphatic rings. The monoisotopic (exact) mass is 486 g/mol. The van der Waals surface area contributed by atoms with E-state index < -0.39 is 34.0 Å². The average Bonchev–Trinajstić information content (AvgIpc) is 3.36. The molecule has 1 fully saturated rings. The molecule has 2 heterocycles. The third kappa shape index (κ3) is 5.08. The van der Waals surface area contributed by atoms with Crippen molar-refractivity contribution < 1.29 is 31.4 Å². The summed E-state index contributed by atoms with van der Waals surface area (Å²) in [6, 6.07) is 0.134. The van der Waals surface area contributed by atoms with E-state index in [1.54, 1.807) is 7.05 Å². The van der Waals surface area contributed by atoms with Gasteiger partial charge in [0.05, 0.1) is 29.5 Å². The molecule has 33 heavy (non-hydrogen) atoms. The van der Waals surface area contributed by atoms with Gasteiger partial charge in [-0.05, 0) is 55.4 Å². The Bertz CT molecular complexity index is 1160. The summed E-state index contributed by atoms with van der Waals surface area (Å²) in [6.45, 7) is 0.693. The number of rotatable bonds is 5. The molecule has 0 unspecified atom stereocenters. The molecule has 1 saturated heterocycles. The topological polar surface area (TPSA) is 112 Å². The van der Waals surface area contributed by atoms with Crippen LogP contribution in [0.4, 0.5) is 24.5 Å². The number of aryl methyl sites for hydroxylation is 2. The molecule has 0 saturated carbocycles. The lowest BCUT2D eigenvalue weighted by atomic mass is 10.0. The number of ether oxygens (including phenoxy) is 1. The quantitative estimate of drug-likeness (QED) is 0.511. The minimum absolute atomic E-state index is 0.0692. The molecule has 2 aromatic rings. The zero-order valence-corrected chi connectivity index (χ0v) is 18.6. The van der Waals surface area contributed by atoms with E-state index in [2.05, 4.69) is 14.8 Å². The molecule has 9 nitrogen and oxygen atoms in total. The van der Waals surface area contributed by atoms with Gasteiger partial charge in [-0.25, -0.2) is 4.31 Å². The van der Waals surface area contributed by atoms with Crippen LogP contribution in [0.25, 0.3) is 0 Å². The van der Waals surface area contributed by atoms with Gasteiger partial charge >= 0.3 is 16.4 Å². The summed E-state index contributed by atoms with van der Waals surface area (Å²) in [5, 5.41) is 18.9. The number of aromatic nitrogens is 2. The van der Waals surface area contributed by atoms with Crippen LogP contribution >= 0.6 is 0 Å². The molecule has 0 radical (unpaired) electrons. The molecule has 1 aromatic carbocycles. The normalized spacial score (nSPS) is 17.8. The van der Waals surface area contributed by atoms with Crippen molar-refractivity contribution in [3.8, 4) is 0 Å². The minimum atomic E-state index is -4.60. The highest BCUT2D eigenvalue weighted by Gasteiger charge is 2.34. The number of nitrogens with zero attached hydrogens (tertiary/aromatic N) is 4. The SMILES string of the molecule is Cn1cc(N(C2CCOCC2)S(=O)(=O)/N=C(\[O-])Nc2cc(C(F)(F)F)cc3c2CCC3)cn1.